The van der Waals surface area contributed by atoms with Crippen LogP contribution < -0.4 is 5.32 Å². The minimum absolute atomic E-state index is 0.0513. The molecule has 0 bridgehead atoms. The van der Waals surface area contributed by atoms with E-state index in [1.165, 1.54) is 25.8 Å². The lowest BCUT2D eigenvalue weighted by atomic mass is 9.95. The van der Waals surface area contributed by atoms with E-state index in [0.717, 1.165) is 37.9 Å². The van der Waals surface area contributed by atoms with Crippen molar-refractivity contribution in [2.24, 2.45) is 5.92 Å². The number of piperidine rings is 2. The Balaban J connectivity index is 1.33. The Bertz CT molecular complexity index is 582. The lowest BCUT2D eigenvalue weighted by Gasteiger charge is -2.33. The maximum atomic E-state index is 12.4. The number of thiophene rings is 1. The summed E-state index contributed by atoms with van der Waals surface area (Å²) in [5, 5.41) is 6.93. The van der Waals surface area contributed by atoms with Crippen LogP contribution in [-0.2, 0) is 4.79 Å². The highest BCUT2D eigenvalue weighted by Crippen LogP contribution is 2.20. The fourth-order valence-electron chi connectivity index (χ4n) is 4.04. The van der Waals surface area contributed by atoms with Crippen LogP contribution in [0.15, 0.2) is 16.8 Å². The van der Waals surface area contributed by atoms with E-state index in [1.54, 1.807) is 11.3 Å². The molecule has 144 valence electrons. The van der Waals surface area contributed by atoms with Crippen molar-refractivity contribution in [2.45, 2.75) is 51.5 Å². The highest BCUT2D eigenvalue weighted by Gasteiger charge is 2.27. The molecule has 0 saturated carbocycles. The number of amides is 2. The normalized spacial score (nSPS) is 22.3. The van der Waals surface area contributed by atoms with Gasteiger partial charge in [0, 0.05) is 43.5 Å². The molecule has 2 amide bonds. The molecule has 2 saturated heterocycles. The van der Waals surface area contributed by atoms with Crippen LogP contribution in [0.5, 0.6) is 0 Å². The first-order valence-electron chi connectivity index (χ1n) is 9.98. The summed E-state index contributed by atoms with van der Waals surface area (Å²) in [7, 11) is 0. The minimum Gasteiger partial charge on any atom is -0.356 e. The number of carbonyl (C=O) groups excluding carboxylic acids is 2. The second-order valence-corrected chi connectivity index (χ2v) is 8.38. The van der Waals surface area contributed by atoms with Crippen LogP contribution in [-0.4, -0.2) is 60.4 Å². The Kier molecular flexibility index (Phi) is 7.08. The summed E-state index contributed by atoms with van der Waals surface area (Å²) in [6.45, 7) is 6.70. The predicted molar refractivity (Wildman–Crippen MR) is 105 cm³/mol. The molecule has 6 heteroatoms. The van der Waals surface area contributed by atoms with E-state index in [2.05, 4.69) is 17.1 Å². The number of nitrogens with zero attached hydrogens (tertiary/aromatic N) is 2. The molecule has 0 aromatic carbocycles. The lowest BCUT2D eigenvalue weighted by Crippen LogP contribution is -2.43. The van der Waals surface area contributed by atoms with E-state index in [1.807, 2.05) is 21.7 Å². The second-order valence-electron chi connectivity index (χ2n) is 7.60. The molecule has 1 atom stereocenters. The van der Waals surface area contributed by atoms with Gasteiger partial charge >= 0.3 is 0 Å². The molecule has 0 radical (unpaired) electrons. The Morgan fingerprint density at radius 2 is 2.00 bits per heavy atom. The summed E-state index contributed by atoms with van der Waals surface area (Å²) in [6, 6.07) is 2.55. The van der Waals surface area contributed by atoms with Crippen LogP contribution >= 0.6 is 11.3 Å². The van der Waals surface area contributed by atoms with Gasteiger partial charge in [-0.05, 0) is 57.0 Å². The number of carbonyl (C=O) groups is 2. The maximum Gasteiger partial charge on any atom is 0.254 e. The zero-order valence-corrected chi connectivity index (χ0v) is 16.6. The molecule has 1 aromatic heterocycles. The van der Waals surface area contributed by atoms with Gasteiger partial charge in [-0.1, -0.05) is 6.42 Å². The Morgan fingerprint density at radius 1 is 1.19 bits per heavy atom. The van der Waals surface area contributed by atoms with Gasteiger partial charge in [-0.25, -0.2) is 0 Å². The fourth-order valence-corrected chi connectivity index (χ4v) is 4.67. The van der Waals surface area contributed by atoms with E-state index < -0.39 is 0 Å². The minimum atomic E-state index is 0.0513. The third-order valence-corrected chi connectivity index (χ3v) is 6.47. The smallest absolute Gasteiger partial charge is 0.254 e. The van der Waals surface area contributed by atoms with Gasteiger partial charge in [0.05, 0.1) is 5.56 Å². The van der Waals surface area contributed by atoms with Crippen LogP contribution in [0.2, 0.25) is 0 Å². The van der Waals surface area contributed by atoms with E-state index >= 15 is 0 Å². The molecule has 0 unspecified atom stereocenters. The molecule has 1 N–H and O–H groups in total. The quantitative estimate of drug-likeness (QED) is 0.776. The van der Waals surface area contributed by atoms with Crippen molar-refractivity contribution < 1.29 is 9.59 Å². The van der Waals surface area contributed by atoms with Crippen molar-refractivity contribution in [3.63, 3.8) is 0 Å². The summed E-state index contributed by atoms with van der Waals surface area (Å²) in [6.07, 6.45) is 6.51. The number of hydrogen-bond donors (Lipinski definition) is 1. The molecule has 1 aromatic rings. The highest BCUT2D eigenvalue weighted by atomic mass is 32.1. The molecule has 2 fully saturated rings. The first-order valence-corrected chi connectivity index (χ1v) is 10.9. The average molecular weight is 378 g/mol. The van der Waals surface area contributed by atoms with Crippen molar-refractivity contribution >= 4 is 23.2 Å². The van der Waals surface area contributed by atoms with Gasteiger partial charge in [0.1, 0.15) is 0 Å². The van der Waals surface area contributed by atoms with Crippen molar-refractivity contribution in [3.8, 4) is 0 Å². The molecule has 0 spiro atoms. The summed E-state index contributed by atoms with van der Waals surface area (Å²) in [5.41, 5.74) is 0.768. The van der Waals surface area contributed by atoms with Crippen molar-refractivity contribution in [1.82, 2.24) is 15.1 Å². The van der Waals surface area contributed by atoms with Gasteiger partial charge in [-0.2, -0.15) is 11.3 Å². The Morgan fingerprint density at radius 3 is 2.69 bits per heavy atom. The van der Waals surface area contributed by atoms with Gasteiger partial charge in [0.25, 0.3) is 5.91 Å². The first kappa shape index (κ1) is 19.4. The van der Waals surface area contributed by atoms with Gasteiger partial charge in [0.2, 0.25) is 5.91 Å². The Labute approximate surface area is 160 Å². The maximum absolute atomic E-state index is 12.4. The van der Waals surface area contributed by atoms with Crippen LogP contribution in [0.25, 0.3) is 0 Å². The number of hydrogen-bond acceptors (Lipinski definition) is 4. The van der Waals surface area contributed by atoms with E-state index in [9.17, 15) is 9.59 Å². The largest absolute Gasteiger partial charge is 0.356 e. The number of nitrogens with one attached hydrogen (secondary N) is 1. The van der Waals surface area contributed by atoms with Gasteiger partial charge in [-0.15, -0.1) is 0 Å². The average Bonchev–Trinajstić information content (AvgIpc) is 3.20. The summed E-state index contributed by atoms with van der Waals surface area (Å²) >= 11 is 1.54. The van der Waals surface area contributed by atoms with Gasteiger partial charge in [0.15, 0.2) is 0 Å². The molecular formula is C20H31N3O2S. The summed E-state index contributed by atoms with van der Waals surface area (Å²) in [5.74, 6) is 0.315. The zero-order valence-electron chi connectivity index (χ0n) is 15.8. The first-order chi connectivity index (χ1) is 12.6. The SMILES string of the molecule is C[C@H]1CCCCN1CCCNC(=O)C1CCN(C(=O)c2ccsc2)CC1. The topological polar surface area (TPSA) is 52.7 Å². The molecule has 3 rings (SSSR count). The standard InChI is InChI=1S/C20H31N3O2S/c1-16-5-2-3-10-22(16)11-4-9-21-19(24)17-6-12-23(13-7-17)20(25)18-8-14-26-15-18/h8,14-17H,2-7,9-13H2,1H3,(H,21,24)/t16-/m0/s1. The zero-order chi connectivity index (χ0) is 18.4. The van der Waals surface area contributed by atoms with Crippen molar-refractivity contribution in [3.05, 3.63) is 22.4 Å². The highest BCUT2D eigenvalue weighted by molar-refractivity contribution is 7.08. The van der Waals surface area contributed by atoms with Gasteiger partial charge < -0.3 is 15.1 Å². The lowest BCUT2D eigenvalue weighted by molar-refractivity contribution is -0.126. The van der Waals surface area contributed by atoms with E-state index in [4.69, 9.17) is 0 Å². The van der Waals surface area contributed by atoms with Crippen LogP contribution in [0.4, 0.5) is 0 Å². The molecule has 3 heterocycles. The van der Waals surface area contributed by atoms with E-state index in [0.29, 0.717) is 19.1 Å². The molecule has 5 nitrogen and oxygen atoms in total. The van der Waals surface area contributed by atoms with Crippen LogP contribution in [0.1, 0.15) is 55.8 Å². The second kappa shape index (κ2) is 9.51. The summed E-state index contributed by atoms with van der Waals surface area (Å²) < 4.78 is 0. The molecule has 0 aliphatic carbocycles. The molecule has 26 heavy (non-hydrogen) atoms. The third-order valence-electron chi connectivity index (χ3n) is 5.78. The molecule has 2 aliphatic heterocycles. The molecule has 2 aliphatic rings. The van der Waals surface area contributed by atoms with E-state index in [-0.39, 0.29) is 17.7 Å². The summed E-state index contributed by atoms with van der Waals surface area (Å²) in [4.78, 5) is 29.2. The predicted octanol–water partition coefficient (Wildman–Crippen LogP) is 2.98. The molecular weight excluding hydrogens is 346 g/mol. The number of rotatable bonds is 6. The van der Waals surface area contributed by atoms with Crippen LogP contribution in [0, 0.1) is 5.92 Å². The van der Waals surface area contributed by atoms with Crippen LogP contribution in [0.3, 0.4) is 0 Å². The fraction of sp³-hybridized carbons (Fsp3) is 0.700. The number of likely N-dealkylation sites (tertiary alicyclic amines) is 2. The monoisotopic (exact) mass is 377 g/mol. The third kappa shape index (κ3) is 5.07. The van der Waals surface area contributed by atoms with Gasteiger partial charge in [-0.3, -0.25) is 9.59 Å². The van der Waals surface area contributed by atoms with Crippen molar-refractivity contribution in [2.75, 3.05) is 32.7 Å². The Hall–Kier alpha value is -1.40. The van der Waals surface area contributed by atoms with Crippen molar-refractivity contribution in [1.29, 1.82) is 0 Å².